The van der Waals surface area contributed by atoms with E-state index in [4.69, 9.17) is 0 Å². The molecule has 1 aromatic rings. The molecule has 0 aromatic carbocycles. The van der Waals surface area contributed by atoms with E-state index in [1.54, 1.807) is 25.2 Å². The number of hydrogen-bond donors (Lipinski definition) is 0. The summed E-state index contributed by atoms with van der Waals surface area (Å²) in [6.07, 6.45) is 5.08. The number of anilines is 1. The minimum Gasteiger partial charge on any atom is -0.369 e. The molecule has 1 saturated heterocycles. The second kappa shape index (κ2) is 5.38. The number of rotatable bonds is 3. The topological polar surface area (TPSA) is 36.4 Å². The van der Waals surface area contributed by atoms with Gasteiger partial charge in [0, 0.05) is 33.4 Å². The summed E-state index contributed by atoms with van der Waals surface area (Å²) in [5, 5.41) is 0. The van der Waals surface area contributed by atoms with Crippen molar-refractivity contribution in [2.24, 2.45) is 0 Å². The third-order valence-electron chi connectivity index (χ3n) is 3.42. The minimum absolute atomic E-state index is 0.00722. The van der Waals surface area contributed by atoms with Gasteiger partial charge in [-0.1, -0.05) is 6.92 Å². The molecule has 18 heavy (non-hydrogen) atoms. The molecule has 0 spiro atoms. The molecule has 0 saturated carbocycles. The van der Waals surface area contributed by atoms with Crippen molar-refractivity contribution < 1.29 is 4.79 Å². The Hall–Kier alpha value is -1.58. The first-order valence-corrected chi connectivity index (χ1v) is 6.59. The molecule has 0 aliphatic carbocycles. The summed E-state index contributed by atoms with van der Waals surface area (Å²) in [5.74, 6) is -0.00722. The minimum atomic E-state index is -0.00722. The van der Waals surface area contributed by atoms with Crippen LogP contribution in [-0.2, 0) is 6.42 Å². The standard InChI is InChI=1S/C14H21N3O/c1-4-11-7-8-15-12(14(18)16(2)3)13(11)17-9-5-6-10-17/h7-8H,4-6,9-10H2,1-3H3. The van der Waals surface area contributed by atoms with Crippen molar-refractivity contribution >= 4 is 11.6 Å². The number of pyridine rings is 1. The van der Waals surface area contributed by atoms with Gasteiger partial charge in [0.2, 0.25) is 0 Å². The molecule has 1 aromatic heterocycles. The summed E-state index contributed by atoms with van der Waals surface area (Å²) in [7, 11) is 3.55. The number of carbonyl (C=O) groups is 1. The molecule has 1 aliphatic rings. The highest BCUT2D eigenvalue weighted by atomic mass is 16.2. The highest BCUT2D eigenvalue weighted by Crippen LogP contribution is 2.28. The second-order valence-electron chi connectivity index (χ2n) is 4.91. The van der Waals surface area contributed by atoms with Gasteiger partial charge in [0.05, 0.1) is 5.69 Å². The number of nitrogens with zero attached hydrogens (tertiary/aromatic N) is 3. The molecule has 0 N–H and O–H groups in total. The molecule has 2 heterocycles. The molecular formula is C14H21N3O. The van der Waals surface area contributed by atoms with Crippen molar-refractivity contribution in [1.29, 1.82) is 0 Å². The lowest BCUT2D eigenvalue weighted by atomic mass is 10.1. The van der Waals surface area contributed by atoms with Crippen LogP contribution in [0.2, 0.25) is 0 Å². The van der Waals surface area contributed by atoms with E-state index in [2.05, 4.69) is 16.8 Å². The lowest BCUT2D eigenvalue weighted by molar-refractivity contribution is 0.0822. The third kappa shape index (κ3) is 2.33. The highest BCUT2D eigenvalue weighted by Gasteiger charge is 2.24. The van der Waals surface area contributed by atoms with Crippen LogP contribution in [0.5, 0.6) is 0 Å². The fraction of sp³-hybridized carbons (Fsp3) is 0.571. The van der Waals surface area contributed by atoms with Crippen molar-refractivity contribution in [2.45, 2.75) is 26.2 Å². The Morgan fingerprint density at radius 2 is 2.06 bits per heavy atom. The van der Waals surface area contributed by atoms with Gasteiger partial charge in [-0.25, -0.2) is 4.98 Å². The van der Waals surface area contributed by atoms with Crippen LogP contribution in [0.25, 0.3) is 0 Å². The van der Waals surface area contributed by atoms with Crippen molar-refractivity contribution in [3.8, 4) is 0 Å². The smallest absolute Gasteiger partial charge is 0.274 e. The average Bonchev–Trinajstić information content (AvgIpc) is 2.90. The number of hydrogen-bond acceptors (Lipinski definition) is 3. The van der Waals surface area contributed by atoms with Gasteiger partial charge >= 0.3 is 0 Å². The number of aromatic nitrogens is 1. The van der Waals surface area contributed by atoms with Crippen LogP contribution in [0.3, 0.4) is 0 Å². The van der Waals surface area contributed by atoms with Gasteiger partial charge in [-0.05, 0) is 30.9 Å². The maximum atomic E-state index is 12.2. The Kier molecular flexibility index (Phi) is 3.84. The molecule has 4 nitrogen and oxygen atoms in total. The Bertz CT molecular complexity index is 437. The molecule has 98 valence electrons. The largest absolute Gasteiger partial charge is 0.369 e. The van der Waals surface area contributed by atoms with Crippen LogP contribution in [0.4, 0.5) is 5.69 Å². The average molecular weight is 247 g/mol. The molecule has 1 aliphatic heterocycles. The summed E-state index contributed by atoms with van der Waals surface area (Å²) in [5.41, 5.74) is 2.87. The Balaban J connectivity index is 2.47. The van der Waals surface area contributed by atoms with E-state index in [1.165, 1.54) is 18.4 Å². The second-order valence-corrected chi connectivity index (χ2v) is 4.91. The first-order chi connectivity index (χ1) is 8.65. The van der Waals surface area contributed by atoms with Crippen molar-refractivity contribution in [1.82, 2.24) is 9.88 Å². The predicted molar refractivity (Wildman–Crippen MR) is 73.1 cm³/mol. The fourth-order valence-corrected chi connectivity index (χ4v) is 2.44. The number of aryl methyl sites for hydroxylation is 1. The zero-order valence-corrected chi connectivity index (χ0v) is 11.4. The zero-order chi connectivity index (χ0) is 13.1. The van der Waals surface area contributed by atoms with E-state index in [0.29, 0.717) is 5.69 Å². The normalized spacial score (nSPS) is 14.9. The van der Waals surface area contributed by atoms with Crippen LogP contribution < -0.4 is 4.90 Å². The highest BCUT2D eigenvalue weighted by molar-refractivity contribution is 5.98. The molecule has 0 bridgehead atoms. The summed E-state index contributed by atoms with van der Waals surface area (Å²) in [4.78, 5) is 20.5. The summed E-state index contributed by atoms with van der Waals surface area (Å²) in [6, 6.07) is 2.03. The van der Waals surface area contributed by atoms with Gasteiger partial charge < -0.3 is 9.80 Å². The van der Waals surface area contributed by atoms with E-state index in [9.17, 15) is 4.79 Å². The van der Waals surface area contributed by atoms with Gasteiger partial charge in [-0.3, -0.25) is 4.79 Å². The molecule has 1 fully saturated rings. The van der Waals surface area contributed by atoms with Crippen LogP contribution in [0, 0.1) is 0 Å². The van der Waals surface area contributed by atoms with E-state index in [1.807, 2.05) is 6.07 Å². The van der Waals surface area contributed by atoms with Gasteiger partial charge in [0.1, 0.15) is 0 Å². The quantitative estimate of drug-likeness (QED) is 0.819. The van der Waals surface area contributed by atoms with Crippen molar-refractivity contribution in [2.75, 3.05) is 32.1 Å². The van der Waals surface area contributed by atoms with Crippen LogP contribution in [0.1, 0.15) is 35.8 Å². The maximum absolute atomic E-state index is 12.2. The van der Waals surface area contributed by atoms with Crippen LogP contribution in [0.15, 0.2) is 12.3 Å². The van der Waals surface area contributed by atoms with Gasteiger partial charge in [-0.15, -0.1) is 0 Å². The summed E-state index contributed by atoms with van der Waals surface area (Å²) in [6.45, 7) is 4.19. The fourth-order valence-electron chi connectivity index (χ4n) is 2.44. The van der Waals surface area contributed by atoms with Gasteiger partial charge in [0.25, 0.3) is 5.91 Å². The molecule has 4 heteroatoms. The molecule has 0 atom stereocenters. The SMILES string of the molecule is CCc1ccnc(C(=O)N(C)C)c1N1CCCC1. The van der Waals surface area contributed by atoms with Crippen LogP contribution >= 0.6 is 0 Å². The van der Waals surface area contributed by atoms with Gasteiger partial charge in [-0.2, -0.15) is 0 Å². The number of amides is 1. The Morgan fingerprint density at radius 3 is 2.61 bits per heavy atom. The zero-order valence-electron chi connectivity index (χ0n) is 11.4. The summed E-state index contributed by atoms with van der Waals surface area (Å²) < 4.78 is 0. The Morgan fingerprint density at radius 1 is 1.39 bits per heavy atom. The molecule has 0 radical (unpaired) electrons. The summed E-state index contributed by atoms with van der Waals surface area (Å²) >= 11 is 0. The van der Waals surface area contributed by atoms with E-state index in [0.717, 1.165) is 25.2 Å². The van der Waals surface area contributed by atoms with E-state index < -0.39 is 0 Å². The third-order valence-corrected chi connectivity index (χ3v) is 3.42. The lowest BCUT2D eigenvalue weighted by Gasteiger charge is -2.24. The molecule has 0 unspecified atom stereocenters. The van der Waals surface area contributed by atoms with Gasteiger partial charge in [0.15, 0.2) is 5.69 Å². The van der Waals surface area contributed by atoms with E-state index >= 15 is 0 Å². The predicted octanol–water partition coefficient (Wildman–Crippen LogP) is 1.95. The number of carbonyl (C=O) groups excluding carboxylic acids is 1. The van der Waals surface area contributed by atoms with Crippen molar-refractivity contribution in [3.05, 3.63) is 23.5 Å². The molecule has 1 amide bonds. The van der Waals surface area contributed by atoms with Crippen LogP contribution in [-0.4, -0.2) is 43.0 Å². The Labute approximate surface area is 109 Å². The lowest BCUT2D eigenvalue weighted by Crippen LogP contribution is -2.28. The first-order valence-electron chi connectivity index (χ1n) is 6.59. The van der Waals surface area contributed by atoms with E-state index in [-0.39, 0.29) is 5.91 Å². The van der Waals surface area contributed by atoms with Crippen molar-refractivity contribution in [3.63, 3.8) is 0 Å². The maximum Gasteiger partial charge on any atom is 0.274 e. The monoisotopic (exact) mass is 247 g/mol. The first kappa shape index (κ1) is 12.9. The molecular weight excluding hydrogens is 226 g/mol. The molecule has 2 rings (SSSR count).